The van der Waals surface area contributed by atoms with E-state index in [2.05, 4.69) is 32.2 Å². The highest BCUT2D eigenvalue weighted by atomic mass is 32.1. The van der Waals surface area contributed by atoms with Crippen LogP contribution in [0.1, 0.15) is 42.8 Å². The number of hydrogen-bond acceptors (Lipinski definition) is 4. The average molecular weight is 386 g/mol. The Balaban J connectivity index is 2.05. The van der Waals surface area contributed by atoms with Crippen molar-refractivity contribution in [3.05, 3.63) is 57.8 Å². The normalized spacial score (nSPS) is 17.1. The van der Waals surface area contributed by atoms with Crippen LogP contribution >= 0.6 is 11.3 Å². The molecule has 0 saturated carbocycles. The third-order valence-electron chi connectivity index (χ3n) is 4.70. The van der Waals surface area contributed by atoms with Gasteiger partial charge in [0.15, 0.2) is 11.5 Å². The van der Waals surface area contributed by atoms with E-state index in [4.69, 9.17) is 9.47 Å². The zero-order valence-electron chi connectivity index (χ0n) is 16.6. The van der Waals surface area contributed by atoms with Crippen LogP contribution in [-0.2, 0) is 11.2 Å². The zero-order chi connectivity index (χ0) is 19.6. The van der Waals surface area contributed by atoms with Gasteiger partial charge < -0.3 is 14.4 Å². The average Bonchev–Trinajstić information content (AvgIpc) is 3.17. The molecule has 5 heteroatoms. The highest BCUT2D eigenvalue weighted by molar-refractivity contribution is 7.10. The van der Waals surface area contributed by atoms with E-state index in [0.717, 1.165) is 22.6 Å². The molecule has 0 unspecified atom stereocenters. The maximum absolute atomic E-state index is 13.0. The van der Waals surface area contributed by atoms with Crippen molar-refractivity contribution < 1.29 is 14.3 Å². The van der Waals surface area contributed by atoms with Crippen molar-refractivity contribution in [2.45, 2.75) is 33.2 Å². The second kappa shape index (κ2) is 7.77. The maximum Gasteiger partial charge on any atom is 0.247 e. The van der Waals surface area contributed by atoms with Crippen LogP contribution in [-0.4, -0.2) is 31.6 Å². The van der Waals surface area contributed by atoms with E-state index in [0.29, 0.717) is 12.3 Å². The summed E-state index contributed by atoms with van der Waals surface area (Å²) in [6, 6.07) is 8.08. The monoisotopic (exact) mass is 385 g/mol. The van der Waals surface area contributed by atoms with Gasteiger partial charge in [-0.15, -0.1) is 11.3 Å². The first-order chi connectivity index (χ1) is 12.8. The fraction of sp³-hybridized carbons (Fsp3) is 0.409. The predicted molar refractivity (Wildman–Crippen MR) is 110 cm³/mol. The van der Waals surface area contributed by atoms with E-state index < -0.39 is 0 Å². The van der Waals surface area contributed by atoms with Crippen molar-refractivity contribution in [3.8, 4) is 11.5 Å². The van der Waals surface area contributed by atoms with E-state index >= 15 is 0 Å². The number of hydrogen-bond donors (Lipinski definition) is 0. The molecule has 1 aliphatic rings. The Morgan fingerprint density at radius 1 is 1.22 bits per heavy atom. The minimum atomic E-state index is -0.106. The largest absolute Gasteiger partial charge is 0.493 e. The second-order valence-electron chi connectivity index (χ2n) is 7.80. The molecule has 2 aromatic rings. The van der Waals surface area contributed by atoms with Gasteiger partial charge in [-0.2, -0.15) is 0 Å². The van der Waals surface area contributed by atoms with Gasteiger partial charge in [0.1, 0.15) is 0 Å². The van der Waals surface area contributed by atoms with Gasteiger partial charge in [-0.25, -0.2) is 0 Å². The zero-order valence-corrected chi connectivity index (χ0v) is 17.4. The summed E-state index contributed by atoms with van der Waals surface area (Å²) in [5.41, 5.74) is 2.28. The molecule has 1 aliphatic heterocycles. The molecule has 0 saturated heterocycles. The first-order valence-corrected chi connectivity index (χ1v) is 10.00. The van der Waals surface area contributed by atoms with Crippen LogP contribution in [0.4, 0.5) is 0 Å². The number of ether oxygens (including phenoxy) is 2. The Morgan fingerprint density at radius 3 is 2.52 bits per heavy atom. The van der Waals surface area contributed by atoms with Gasteiger partial charge in [0.25, 0.3) is 0 Å². The van der Waals surface area contributed by atoms with E-state index in [1.54, 1.807) is 31.6 Å². The van der Waals surface area contributed by atoms with Gasteiger partial charge in [-0.1, -0.05) is 32.9 Å². The lowest BCUT2D eigenvalue weighted by Gasteiger charge is -2.37. The number of carbonyl (C=O) groups is 1. The Labute approximate surface area is 165 Å². The fourth-order valence-electron chi connectivity index (χ4n) is 3.35. The van der Waals surface area contributed by atoms with E-state index in [9.17, 15) is 4.79 Å². The molecule has 2 heterocycles. The maximum atomic E-state index is 13.0. The van der Waals surface area contributed by atoms with E-state index in [1.807, 2.05) is 29.2 Å². The molecule has 4 nitrogen and oxygen atoms in total. The highest BCUT2D eigenvalue weighted by Crippen LogP contribution is 2.42. The SMILES string of the molecule is COc1cc2c(cc1OC)[C@@H](c1cccs1)N(C(=O)/C=C\C(C)(C)C)CC2. The molecule has 1 aromatic carbocycles. The molecule has 0 N–H and O–H groups in total. The lowest BCUT2D eigenvalue weighted by molar-refractivity contribution is -0.128. The number of fused-ring (bicyclic) bond motifs is 1. The van der Waals surface area contributed by atoms with Crippen LogP contribution in [0.5, 0.6) is 11.5 Å². The number of rotatable bonds is 4. The molecule has 0 fully saturated rings. The molecular formula is C22H27NO3S. The van der Waals surface area contributed by atoms with Gasteiger partial charge in [-0.05, 0) is 52.6 Å². The molecule has 1 atom stereocenters. The summed E-state index contributed by atoms with van der Waals surface area (Å²) in [5.74, 6) is 1.47. The van der Waals surface area contributed by atoms with E-state index in [1.165, 1.54) is 5.56 Å². The number of benzene rings is 1. The Bertz CT molecular complexity index is 834. The molecule has 0 spiro atoms. The number of nitrogens with zero attached hydrogens (tertiary/aromatic N) is 1. The lowest BCUT2D eigenvalue weighted by atomic mass is 9.90. The van der Waals surface area contributed by atoms with Crippen molar-refractivity contribution in [3.63, 3.8) is 0 Å². The first kappa shape index (κ1) is 19.5. The standard InChI is InChI=1S/C22H27NO3S/c1-22(2,3)10-8-20(24)23-11-9-15-13-17(25-4)18(26-5)14-16(15)21(23)19-7-6-12-27-19/h6-8,10,12-14,21H,9,11H2,1-5H3/b10-8-/t21-/m0/s1. The summed E-state index contributed by atoms with van der Waals surface area (Å²) in [4.78, 5) is 16.1. The minimum absolute atomic E-state index is 0.0294. The number of thiophene rings is 1. The molecule has 0 bridgehead atoms. The lowest BCUT2D eigenvalue weighted by Crippen LogP contribution is -2.39. The van der Waals surface area contributed by atoms with Gasteiger partial charge in [-0.3, -0.25) is 4.79 Å². The van der Waals surface area contributed by atoms with Gasteiger partial charge in [0.2, 0.25) is 5.91 Å². The smallest absolute Gasteiger partial charge is 0.247 e. The molecule has 144 valence electrons. The van der Waals surface area contributed by atoms with Crippen LogP contribution in [0.2, 0.25) is 0 Å². The third kappa shape index (κ3) is 4.19. The minimum Gasteiger partial charge on any atom is -0.493 e. The summed E-state index contributed by atoms with van der Waals surface area (Å²) < 4.78 is 11.0. The van der Waals surface area contributed by atoms with Crippen molar-refractivity contribution in [2.24, 2.45) is 5.41 Å². The van der Waals surface area contributed by atoms with Crippen LogP contribution < -0.4 is 9.47 Å². The van der Waals surface area contributed by atoms with Crippen LogP contribution in [0, 0.1) is 5.41 Å². The first-order valence-electron chi connectivity index (χ1n) is 9.12. The summed E-state index contributed by atoms with van der Waals surface area (Å²) >= 11 is 1.67. The third-order valence-corrected chi connectivity index (χ3v) is 5.62. The molecule has 1 amide bonds. The summed E-state index contributed by atoms with van der Waals surface area (Å²) in [7, 11) is 3.29. The number of allylic oxidation sites excluding steroid dienone is 1. The summed E-state index contributed by atoms with van der Waals surface area (Å²) in [6.07, 6.45) is 4.49. The molecule has 1 aromatic heterocycles. The Kier molecular flexibility index (Phi) is 5.61. The summed E-state index contributed by atoms with van der Waals surface area (Å²) in [5, 5.41) is 2.05. The van der Waals surface area contributed by atoms with Gasteiger partial charge >= 0.3 is 0 Å². The molecule has 27 heavy (non-hydrogen) atoms. The summed E-state index contributed by atoms with van der Waals surface area (Å²) in [6.45, 7) is 6.96. The predicted octanol–water partition coefficient (Wildman–Crippen LogP) is 4.84. The van der Waals surface area contributed by atoms with Crippen molar-refractivity contribution >= 4 is 17.2 Å². The Morgan fingerprint density at radius 2 is 1.93 bits per heavy atom. The molecule has 0 radical (unpaired) electrons. The molecule has 0 aliphatic carbocycles. The number of methoxy groups -OCH3 is 2. The van der Waals surface area contributed by atoms with Crippen molar-refractivity contribution in [2.75, 3.05) is 20.8 Å². The number of carbonyl (C=O) groups excluding carboxylic acids is 1. The van der Waals surface area contributed by atoms with Gasteiger partial charge in [0.05, 0.1) is 20.3 Å². The van der Waals surface area contributed by atoms with E-state index in [-0.39, 0.29) is 17.4 Å². The van der Waals surface area contributed by atoms with Crippen LogP contribution in [0.25, 0.3) is 0 Å². The topological polar surface area (TPSA) is 38.8 Å². The van der Waals surface area contributed by atoms with Crippen molar-refractivity contribution in [1.82, 2.24) is 4.90 Å². The van der Waals surface area contributed by atoms with Gasteiger partial charge in [0, 0.05) is 11.4 Å². The highest BCUT2D eigenvalue weighted by Gasteiger charge is 2.33. The van der Waals surface area contributed by atoms with Crippen molar-refractivity contribution in [1.29, 1.82) is 0 Å². The molecular weight excluding hydrogens is 358 g/mol. The fourth-order valence-corrected chi connectivity index (χ4v) is 4.21. The second-order valence-corrected chi connectivity index (χ2v) is 8.78. The quantitative estimate of drug-likeness (QED) is 0.707. The molecule has 3 rings (SSSR count). The van der Waals surface area contributed by atoms with Crippen LogP contribution in [0.15, 0.2) is 41.8 Å². The van der Waals surface area contributed by atoms with Crippen LogP contribution in [0.3, 0.4) is 0 Å². The number of amides is 1. The Hall–Kier alpha value is -2.27.